The van der Waals surface area contributed by atoms with E-state index in [-0.39, 0.29) is 10.4 Å². The lowest BCUT2D eigenvalue weighted by molar-refractivity contribution is 0.0657. The van der Waals surface area contributed by atoms with Crippen LogP contribution in [0.25, 0.3) is 11.2 Å². The number of hydrogen-bond acceptors (Lipinski definition) is 5. The molecule has 126 valence electrons. The number of aromatic nitrogens is 4. The maximum Gasteiger partial charge on any atom is 0.225 e. The summed E-state index contributed by atoms with van der Waals surface area (Å²) >= 11 is 12.1. The molecule has 0 saturated carbocycles. The Bertz CT molecular complexity index is 886. The summed E-state index contributed by atoms with van der Waals surface area (Å²) in [5.74, 6) is 1.21. The number of hydrogen-bond donors (Lipinski definition) is 1. The van der Waals surface area contributed by atoms with Crippen molar-refractivity contribution in [1.29, 1.82) is 0 Å². The second-order valence-electron chi connectivity index (χ2n) is 5.88. The van der Waals surface area contributed by atoms with E-state index < -0.39 is 5.60 Å². The zero-order chi connectivity index (χ0) is 17.5. The molecule has 6 nitrogen and oxygen atoms in total. The molecule has 0 radical (unpaired) electrons. The van der Waals surface area contributed by atoms with Gasteiger partial charge in [-0.25, -0.2) is 9.97 Å². The minimum absolute atomic E-state index is 0.0175. The van der Waals surface area contributed by atoms with Gasteiger partial charge in [0.05, 0.1) is 7.11 Å². The quantitative estimate of drug-likeness (QED) is 0.565. The number of halogens is 2. The molecule has 0 aliphatic rings. The molecule has 0 aliphatic carbocycles. The van der Waals surface area contributed by atoms with Crippen molar-refractivity contribution in [3.63, 3.8) is 0 Å². The van der Waals surface area contributed by atoms with E-state index in [9.17, 15) is 5.11 Å². The number of aliphatic hydroxyl groups is 1. The predicted molar refractivity (Wildman–Crippen MR) is 92.7 cm³/mol. The van der Waals surface area contributed by atoms with E-state index in [2.05, 4.69) is 15.0 Å². The van der Waals surface area contributed by atoms with Crippen LogP contribution < -0.4 is 4.74 Å². The molecule has 2 aromatic heterocycles. The van der Waals surface area contributed by atoms with Crippen LogP contribution in [0, 0.1) is 0 Å². The minimum atomic E-state index is -1.18. The molecule has 0 amide bonds. The zero-order valence-electron chi connectivity index (χ0n) is 13.4. The molecule has 1 N–H and O–H groups in total. The predicted octanol–water partition coefficient (Wildman–Crippen LogP) is 3.42. The van der Waals surface area contributed by atoms with Gasteiger partial charge in [0.1, 0.15) is 22.7 Å². The Morgan fingerprint density at radius 3 is 2.38 bits per heavy atom. The first kappa shape index (κ1) is 17.0. The lowest BCUT2D eigenvalue weighted by Gasteiger charge is -2.19. The van der Waals surface area contributed by atoms with Crippen molar-refractivity contribution in [1.82, 2.24) is 19.5 Å². The van der Waals surface area contributed by atoms with Gasteiger partial charge in [0, 0.05) is 6.54 Å². The Morgan fingerprint density at radius 1 is 1.12 bits per heavy atom. The maximum absolute atomic E-state index is 10.5. The molecule has 3 rings (SSSR count). The van der Waals surface area contributed by atoms with Crippen LogP contribution in [0.1, 0.15) is 25.2 Å². The number of nitrogens with zero attached hydrogens (tertiary/aromatic N) is 4. The summed E-state index contributed by atoms with van der Waals surface area (Å²) < 4.78 is 6.97. The van der Waals surface area contributed by atoms with E-state index in [4.69, 9.17) is 27.9 Å². The molecular formula is C16H16Cl2N4O2. The van der Waals surface area contributed by atoms with E-state index >= 15 is 0 Å². The lowest BCUT2D eigenvalue weighted by atomic mass is 10.1. The summed E-state index contributed by atoms with van der Waals surface area (Å²) in [5.41, 5.74) is 0.703. The first-order valence-corrected chi connectivity index (χ1v) is 8.00. The molecule has 0 unspecified atom stereocenters. The molecule has 0 atom stereocenters. The van der Waals surface area contributed by atoms with Gasteiger partial charge in [0.15, 0.2) is 10.8 Å². The fourth-order valence-electron chi connectivity index (χ4n) is 2.50. The molecule has 0 bridgehead atoms. The summed E-state index contributed by atoms with van der Waals surface area (Å²) in [6.07, 6.45) is 0. The third kappa shape index (κ3) is 3.17. The first-order valence-electron chi connectivity index (χ1n) is 7.24. The van der Waals surface area contributed by atoms with Crippen LogP contribution in [0.3, 0.4) is 0 Å². The number of ether oxygens (including phenoxy) is 1. The van der Waals surface area contributed by atoms with Crippen LogP contribution in [0.2, 0.25) is 10.4 Å². The van der Waals surface area contributed by atoms with Gasteiger partial charge in [0.25, 0.3) is 0 Å². The Morgan fingerprint density at radius 2 is 1.79 bits per heavy atom. The smallest absolute Gasteiger partial charge is 0.225 e. The van der Waals surface area contributed by atoms with Gasteiger partial charge in [0.2, 0.25) is 5.28 Å². The van der Waals surface area contributed by atoms with Crippen molar-refractivity contribution < 1.29 is 9.84 Å². The Kier molecular flexibility index (Phi) is 4.38. The molecule has 0 saturated heterocycles. The molecule has 3 aromatic rings. The van der Waals surface area contributed by atoms with Crippen LogP contribution in [-0.2, 0) is 12.1 Å². The molecule has 0 fully saturated rings. The SMILES string of the molecule is COc1ccc(Cn2c(C(C)(C)O)nc3nc(Cl)nc(Cl)c32)cc1. The van der Waals surface area contributed by atoms with E-state index in [0.717, 1.165) is 11.3 Å². The number of methoxy groups -OCH3 is 1. The molecular weight excluding hydrogens is 351 g/mol. The van der Waals surface area contributed by atoms with Gasteiger partial charge in [-0.3, -0.25) is 0 Å². The van der Waals surface area contributed by atoms with Crippen molar-refractivity contribution >= 4 is 34.4 Å². The average molecular weight is 367 g/mol. The average Bonchev–Trinajstić information content (AvgIpc) is 2.86. The Hall–Kier alpha value is -1.89. The third-order valence-electron chi connectivity index (χ3n) is 3.58. The fraction of sp³-hybridized carbons (Fsp3) is 0.312. The normalized spacial score (nSPS) is 11.9. The Balaban J connectivity index is 2.16. The summed E-state index contributed by atoms with van der Waals surface area (Å²) in [6, 6.07) is 7.60. The highest BCUT2D eigenvalue weighted by molar-refractivity contribution is 6.35. The summed E-state index contributed by atoms with van der Waals surface area (Å²) in [5, 5.41) is 10.7. The van der Waals surface area contributed by atoms with Crippen LogP contribution in [-0.4, -0.2) is 31.7 Å². The lowest BCUT2D eigenvalue weighted by Crippen LogP contribution is -2.22. The van der Waals surface area contributed by atoms with Gasteiger partial charge in [-0.05, 0) is 43.1 Å². The zero-order valence-corrected chi connectivity index (χ0v) is 14.9. The standard InChI is InChI=1S/C16H16Cl2N4O2/c1-16(2,23)14-20-13-11(12(17)19-15(18)21-13)22(14)8-9-4-6-10(24-3)7-5-9/h4-7,23H,8H2,1-3H3. The van der Waals surface area contributed by atoms with E-state index in [0.29, 0.717) is 23.5 Å². The van der Waals surface area contributed by atoms with Gasteiger partial charge in [-0.15, -0.1) is 0 Å². The minimum Gasteiger partial charge on any atom is -0.497 e. The fourth-order valence-corrected chi connectivity index (χ4v) is 2.98. The maximum atomic E-state index is 10.5. The van der Waals surface area contributed by atoms with Gasteiger partial charge < -0.3 is 14.4 Å². The highest BCUT2D eigenvalue weighted by Crippen LogP contribution is 2.29. The van der Waals surface area contributed by atoms with Gasteiger partial charge in [-0.2, -0.15) is 4.98 Å². The highest BCUT2D eigenvalue weighted by Gasteiger charge is 2.27. The molecule has 1 aromatic carbocycles. The van der Waals surface area contributed by atoms with E-state index in [1.54, 1.807) is 25.5 Å². The number of imidazole rings is 1. The summed E-state index contributed by atoms with van der Waals surface area (Å²) in [4.78, 5) is 12.5. The topological polar surface area (TPSA) is 73.1 Å². The molecule has 0 aliphatic heterocycles. The number of fused-ring (bicyclic) bond motifs is 1. The van der Waals surface area contributed by atoms with Gasteiger partial charge >= 0.3 is 0 Å². The van der Waals surface area contributed by atoms with Crippen LogP contribution in [0.4, 0.5) is 0 Å². The number of rotatable bonds is 4. The molecule has 8 heteroatoms. The van der Waals surface area contributed by atoms with Crippen LogP contribution in [0.5, 0.6) is 5.75 Å². The van der Waals surface area contributed by atoms with Crippen molar-refractivity contribution in [2.24, 2.45) is 0 Å². The first-order chi connectivity index (χ1) is 11.3. The highest BCUT2D eigenvalue weighted by atomic mass is 35.5. The van der Waals surface area contributed by atoms with Gasteiger partial charge in [-0.1, -0.05) is 23.7 Å². The monoisotopic (exact) mass is 366 g/mol. The summed E-state index contributed by atoms with van der Waals surface area (Å²) in [7, 11) is 1.62. The van der Waals surface area contributed by atoms with Crippen LogP contribution >= 0.6 is 23.2 Å². The van der Waals surface area contributed by atoms with Crippen molar-refractivity contribution in [2.75, 3.05) is 7.11 Å². The number of benzene rings is 1. The third-order valence-corrected chi connectivity index (χ3v) is 4.01. The second kappa shape index (κ2) is 6.20. The molecule has 2 heterocycles. The van der Waals surface area contributed by atoms with Crippen molar-refractivity contribution in [3.05, 3.63) is 46.1 Å². The largest absolute Gasteiger partial charge is 0.497 e. The second-order valence-corrected chi connectivity index (χ2v) is 6.58. The molecule has 24 heavy (non-hydrogen) atoms. The molecule has 0 spiro atoms. The van der Waals surface area contributed by atoms with Crippen molar-refractivity contribution in [2.45, 2.75) is 26.0 Å². The van der Waals surface area contributed by atoms with E-state index in [1.165, 1.54) is 0 Å². The van der Waals surface area contributed by atoms with E-state index in [1.807, 2.05) is 24.3 Å². The van der Waals surface area contributed by atoms with Crippen LogP contribution in [0.15, 0.2) is 24.3 Å². The summed E-state index contributed by atoms with van der Waals surface area (Å²) in [6.45, 7) is 3.76. The Labute approximate surface area is 149 Å². The van der Waals surface area contributed by atoms with Crippen molar-refractivity contribution in [3.8, 4) is 5.75 Å².